The molecule has 2 aliphatic heterocycles. The molecule has 0 radical (unpaired) electrons. The molecule has 0 bridgehead atoms. The maximum absolute atomic E-state index is 13.5. The summed E-state index contributed by atoms with van der Waals surface area (Å²) in [5.74, 6) is 1.05. The zero-order chi connectivity index (χ0) is 22.8. The number of hydrogen-bond donors (Lipinski definition) is 2. The minimum absolute atomic E-state index is 0.00551. The second kappa shape index (κ2) is 9.21. The number of rotatable bonds is 3. The number of para-hydroxylation sites is 1. The van der Waals surface area contributed by atoms with Crippen LogP contribution in [0.5, 0.6) is 0 Å². The number of nitrogens with zero attached hydrogens (tertiary/aromatic N) is 4. The molecule has 2 aliphatic rings. The zero-order valence-electron chi connectivity index (χ0n) is 19.0. The second-order valence-electron chi connectivity index (χ2n) is 9.00. The van der Waals surface area contributed by atoms with Gasteiger partial charge in [-0.2, -0.15) is 0 Å². The van der Waals surface area contributed by atoms with Crippen molar-refractivity contribution in [2.75, 3.05) is 18.4 Å². The molecule has 0 aliphatic carbocycles. The van der Waals surface area contributed by atoms with E-state index in [0.29, 0.717) is 18.7 Å². The van der Waals surface area contributed by atoms with E-state index in [2.05, 4.69) is 15.2 Å². The van der Waals surface area contributed by atoms with E-state index in [9.17, 15) is 9.59 Å². The molecule has 3 amide bonds. The van der Waals surface area contributed by atoms with Crippen LogP contribution in [0, 0.1) is 6.92 Å². The Hall–Kier alpha value is -3.42. The van der Waals surface area contributed by atoms with Crippen molar-refractivity contribution in [3.8, 4) is 0 Å². The third-order valence-electron chi connectivity index (χ3n) is 6.57. The highest BCUT2D eigenvalue weighted by Gasteiger charge is 2.28. The summed E-state index contributed by atoms with van der Waals surface area (Å²) in [4.78, 5) is 37.2. The first-order valence-electron chi connectivity index (χ1n) is 11.9. The molecule has 0 saturated carbocycles. The Morgan fingerprint density at radius 1 is 1.00 bits per heavy atom. The number of benzene rings is 1. The van der Waals surface area contributed by atoms with Crippen molar-refractivity contribution in [2.45, 2.75) is 58.0 Å². The minimum Gasteiger partial charge on any atom is -0.338 e. The standard InChI is InChI=1S/C25H30N6O2/c1-17-16-20(22-23(26-17)31-13-7-3-6-10-21(31)29-22)24(32)30-14-11-19(12-15-30)28-25(33)27-18-8-4-2-5-9-18/h2,4-5,8-9,16,19H,3,6-7,10-15H2,1H3,(H2,27,28,33). The zero-order valence-corrected chi connectivity index (χ0v) is 19.0. The van der Waals surface area contributed by atoms with Gasteiger partial charge in [-0.3, -0.25) is 4.79 Å². The van der Waals surface area contributed by atoms with Gasteiger partial charge in [0, 0.05) is 43.5 Å². The van der Waals surface area contributed by atoms with E-state index in [1.807, 2.05) is 48.2 Å². The van der Waals surface area contributed by atoms with Crippen molar-refractivity contribution in [2.24, 2.45) is 0 Å². The third-order valence-corrected chi connectivity index (χ3v) is 6.57. The number of carbonyl (C=O) groups excluding carboxylic acids is 2. The maximum Gasteiger partial charge on any atom is 0.319 e. The number of fused-ring (bicyclic) bond motifs is 3. The Labute approximate surface area is 193 Å². The van der Waals surface area contributed by atoms with Gasteiger partial charge in [0.1, 0.15) is 11.3 Å². The van der Waals surface area contributed by atoms with E-state index < -0.39 is 0 Å². The number of aromatic nitrogens is 3. The van der Waals surface area contributed by atoms with Crippen LogP contribution < -0.4 is 10.6 Å². The molecular formula is C25H30N6O2. The Kier molecular flexibility index (Phi) is 5.98. The van der Waals surface area contributed by atoms with Gasteiger partial charge in [-0.05, 0) is 50.8 Å². The number of hydrogen-bond acceptors (Lipinski definition) is 4. The fourth-order valence-electron chi connectivity index (χ4n) is 4.85. The van der Waals surface area contributed by atoms with Gasteiger partial charge >= 0.3 is 6.03 Å². The summed E-state index contributed by atoms with van der Waals surface area (Å²) in [5.41, 5.74) is 3.81. The summed E-state index contributed by atoms with van der Waals surface area (Å²) in [6.45, 7) is 4.06. The Balaban J connectivity index is 1.26. The lowest BCUT2D eigenvalue weighted by Crippen LogP contribution is -2.47. The van der Waals surface area contributed by atoms with Crippen LogP contribution in [0.25, 0.3) is 11.2 Å². The summed E-state index contributed by atoms with van der Waals surface area (Å²) in [7, 11) is 0. The van der Waals surface area contributed by atoms with Crippen LogP contribution in [-0.4, -0.2) is 50.5 Å². The fourth-order valence-corrected chi connectivity index (χ4v) is 4.85. The largest absolute Gasteiger partial charge is 0.338 e. The number of amides is 3. The lowest BCUT2D eigenvalue weighted by Gasteiger charge is -2.32. The highest BCUT2D eigenvalue weighted by atomic mass is 16.2. The molecule has 5 rings (SSSR count). The topological polar surface area (TPSA) is 92.2 Å². The molecule has 0 spiro atoms. The van der Waals surface area contributed by atoms with Crippen LogP contribution in [-0.2, 0) is 13.0 Å². The summed E-state index contributed by atoms with van der Waals surface area (Å²) in [5, 5.41) is 5.89. The quantitative estimate of drug-likeness (QED) is 0.638. The first-order valence-corrected chi connectivity index (χ1v) is 11.9. The van der Waals surface area contributed by atoms with Gasteiger partial charge in [0.05, 0.1) is 5.56 Å². The van der Waals surface area contributed by atoms with Gasteiger partial charge in [-0.25, -0.2) is 14.8 Å². The predicted molar refractivity (Wildman–Crippen MR) is 127 cm³/mol. The number of anilines is 1. The molecule has 8 nitrogen and oxygen atoms in total. The molecule has 3 aromatic rings. The summed E-state index contributed by atoms with van der Waals surface area (Å²) in [6.07, 6.45) is 5.83. The van der Waals surface area contributed by atoms with Crippen molar-refractivity contribution in [3.63, 3.8) is 0 Å². The molecule has 2 aromatic heterocycles. The van der Waals surface area contributed by atoms with Crippen LogP contribution in [0.3, 0.4) is 0 Å². The van der Waals surface area contributed by atoms with Gasteiger partial charge in [-0.15, -0.1) is 0 Å². The van der Waals surface area contributed by atoms with Gasteiger partial charge in [0.2, 0.25) is 0 Å². The number of nitrogens with one attached hydrogen (secondary N) is 2. The summed E-state index contributed by atoms with van der Waals surface area (Å²) >= 11 is 0. The average molecular weight is 447 g/mol. The lowest BCUT2D eigenvalue weighted by atomic mass is 10.0. The molecule has 1 aromatic carbocycles. The Morgan fingerprint density at radius 2 is 1.79 bits per heavy atom. The fraction of sp³-hybridized carbons (Fsp3) is 0.440. The van der Waals surface area contributed by atoms with Crippen LogP contribution in [0.2, 0.25) is 0 Å². The highest BCUT2D eigenvalue weighted by molar-refractivity contribution is 6.04. The number of pyridine rings is 1. The molecule has 1 saturated heterocycles. The molecule has 33 heavy (non-hydrogen) atoms. The van der Waals surface area contributed by atoms with E-state index in [0.717, 1.165) is 67.0 Å². The summed E-state index contributed by atoms with van der Waals surface area (Å²) in [6, 6.07) is 11.1. The molecule has 172 valence electrons. The van der Waals surface area contributed by atoms with Crippen LogP contribution >= 0.6 is 0 Å². The van der Waals surface area contributed by atoms with Gasteiger partial charge in [0.25, 0.3) is 5.91 Å². The average Bonchev–Trinajstić information content (AvgIpc) is 2.99. The molecule has 4 heterocycles. The first-order chi connectivity index (χ1) is 16.1. The SMILES string of the molecule is Cc1cc(C(=O)N2CCC(NC(=O)Nc3ccccc3)CC2)c2nc3n(c2n1)CCCCC3. The van der Waals surface area contributed by atoms with E-state index in [-0.39, 0.29) is 18.0 Å². The number of aryl methyl sites for hydroxylation is 3. The monoisotopic (exact) mass is 446 g/mol. The molecule has 0 atom stereocenters. The van der Waals surface area contributed by atoms with Crippen LogP contribution in [0.15, 0.2) is 36.4 Å². The lowest BCUT2D eigenvalue weighted by molar-refractivity contribution is 0.0710. The normalized spacial score (nSPS) is 16.8. The minimum atomic E-state index is -0.211. The molecule has 2 N–H and O–H groups in total. The van der Waals surface area contributed by atoms with Crippen molar-refractivity contribution in [1.29, 1.82) is 0 Å². The Bertz CT molecular complexity index is 1160. The van der Waals surface area contributed by atoms with Gasteiger partial charge < -0.3 is 20.1 Å². The number of piperidine rings is 1. The van der Waals surface area contributed by atoms with Crippen molar-refractivity contribution < 1.29 is 9.59 Å². The smallest absolute Gasteiger partial charge is 0.319 e. The van der Waals surface area contributed by atoms with E-state index in [1.54, 1.807) is 0 Å². The Morgan fingerprint density at radius 3 is 2.58 bits per heavy atom. The molecule has 0 unspecified atom stereocenters. The van der Waals surface area contributed by atoms with Crippen LogP contribution in [0.1, 0.15) is 54.0 Å². The van der Waals surface area contributed by atoms with E-state index in [1.165, 1.54) is 6.42 Å². The van der Waals surface area contributed by atoms with E-state index in [4.69, 9.17) is 9.97 Å². The molecule has 1 fully saturated rings. The molecular weight excluding hydrogens is 416 g/mol. The van der Waals surface area contributed by atoms with E-state index >= 15 is 0 Å². The van der Waals surface area contributed by atoms with Crippen molar-refractivity contribution in [1.82, 2.24) is 24.8 Å². The highest BCUT2D eigenvalue weighted by Crippen LogP contribution is 2.25. The van der Waals surface area contributed by atoms with Crippen LogP contribution in [0.4, 0.5) is 10.5 Å². The summed E-state index contributed by atoms with van der Waals surface area (Å²) < 4.78 is 2.20. The number of imidazole rings is 1. The number of urea groups is 1. The maximum atomic E-state index is 13.5. The van der Waals surface area contributed by atoms with Gasteiger partial charge in [0.15, 0.2) is 5.65 Å². The number of carbonyl (C=O) groups is 2. The van der Waals surface area contributed by atoms with Gasteiger partial charge in [-0.1, -0.05) is 24.6 Å². The van der Waals surface area contributed by atoms with Crippen molar-refractivity contribution >= 4 is 28.8 Å². The first kappa shape index (κ1) is 21.4. The number of likely N-dealkylation sites (tertiary alicyclic amines) is 1. The van der Waals surface area contributed by atoms with Crippen molar-refractivity contribution in [3.05, 3.63) is 53.5 Å². The molecule has 8 heteroatoms. The predicted octanol–water partition coefficient (Wildman–Crippen LogP) is 3.89. The second-order valence-corrected chi connectivity index (χ2v) is 9.00. The third kappa shape index (κ3) is 4.55.